The van der Waals surface area contributed by atoms with Crippen LogP contribution >= 0.6 is 0 Å². The number of rotatable bonds is 6. The Bertz CT molecular complexity index is 795. The van der Waals surface area contributed by atoms with Gasteiger partial charge in [-0.05, 0) is 107 Å². The first-order valence-electron chi connectivity index (χ1n) is 13.2. The minimum absolute atomic E-state index is 0.238. The van der Waals surface area contributed by atoms with E-state index in [-0.39, 0.29) is 23.0 Å². The largest absolute Gasteiger partial charge is 0.435 e. The van der Waals surface area contributed by atoms with E-state index >= 15 is 0 Å². The van der Waals surface area contributed by atoms with Crippen LogP contribution < -0.4 is 5.32 Å². The lowest BCUT2D eigenvalue weighted by Crippen LogP contribution is -2.51. The lowest BCUT2D eigenvalue weighted by Gasteiger charge is -2.58. The van der Waals surface area contributed by atoms with Crippen LogP contribution in [0.3, 0.4) is 0 Å². The molecular formula is C27H45N3O3. The monoisotopic (exact) mass is 459 g/mol. The summed E-state index contributed by atoms with van der Waals surface area (Å²) in [5.74, 6) is 2.61. The van der Waals surface area contributed by atoms with E-state index in [0.29, 0.717) is 12.5 Å². The van der Waals surface area contributed by atoms with Crippen LogP contribution in [-0.4, -0.2) is 55.1 Å². The summed E-state index contributed by atoms with van der Waals surface area (Å²) in [4.78, 5) is 19.3. The normalized spacial score (nSPS) is 40.4. The predicted octanol–water partition coefficient (Wildman–Crippen LogP) is 4.98. The maximum absolute atomic E-state index is 12.4. The van der Waals surface area contributed by atoms with Gasteiger partial charge in [0.2, 0.25) is 0 Å². The van der Waals surface area contributed by atoms with Gasteiger partial charge in [0, 0.05) is 19.5 Å². The van der Waals surface area contributed by atoms with E-state index in [9.17, 15) is 9.90 Å². The lowest BCUT2D eigenvalue weighted by atomic mass is 9.46. The summed E-state index contributed by atoms with van der Waals surface area (Å²) in [5, 5.41) is 17.6. The molecule has 4 rings (SSSR count). The fourth-order valence-corrected chi connectivity index (χ4v) is 8.22. The molecular weight excluding hydrogens is 414 g/mol. The molecule has 0 bridgehead atoms. The molecule has 0 aliphatic heterocycles. The Hall–Kier alpha value is -1.40. The van der Waals surface area contributed by atoms with Crippen LogP contribution in [0.2, 0.25) is 0 Å². The van der Waals surface area contributed by atoms with Crippen molar-refractivity contribution in [3.05, 3.63) is 11.6 Å². The molecule has 4 aliphatic rings. The topological polar surface area (TPSA) is 74.2 Å². The quantitative estimate of drug-likeness (QED) is 0.193. The average molecular weight is 460 g/mol. The number of aliphatic hydroxyl groups is 1. The Balaban J connectivity index is 1.43. The molecule has 3 fully saturated rings. The summed E-state index contributed by atoms with van der Waals surface area (Å²) in [6.45, 7) is 8.56. The molecule has 0 heterocycles. The number of amides is 1. The van der Waals surface area contributed by atoms with Crippen molar-refractivity contribution >= 4 is 11.8 Å². The van der Waals surface area contributed by atoms with E-state index in [1.165, 1.54) is 31.3 Å². The van der Waals surface area contributed by atoms with E-state index in [4.69, 9.17) is 4.84 Å². The van der Waals surface area contributed by atoms with Crippen LogP contribution in [0, 0.1) is 34.5 Å². The zero-order valence-electron chi connectivity index (χ0n) is 21.4. The summed E-state index contributed by atoms with van der Waals surface area (Å²) < 4.78 is 0. The highest BCUT2D eigenvalue weighted by Gasteiger charge is 2.59. The fourth-order valence-electron chi connectivity index (χ4n) is 8.22. The second kappa shape index (κ2) is 9.69. The third-order valence-corrected chi connectivity index (χ3v) is 10.1. The molecule has 1 amide bonds. The predicted molar refractivity (Wildman–Crippen MR) is 132 cm³/mol. The minimum atomic E-state index is -0.368. The highest BCUT2D eigenvalue weighted by Crippen LogP contribution is 2.66. The lowest BCUT2D eigenvalue weighted by molar-refractivity contribution is -0.0479. The average Bonchev–Trinajstić information content (AvgIpc) is 3.15. The molecule has 7 atom stereocenters. The van der Waals surface area contributed by atoms with Gasteiger partial charge < -0.3 is 15.3 Å². The molecule has 0 aromatic rings. The summed E-state index contributed by atoms with van der Waals surface area (Å²) in [6, 6.07) is 0. The SMILES string of the molecule is CNCCCN(C)C(=O)O/N=C(\C)[C@H]1CC[C@H]2[C@@H]3CCC4=C[C@@H](O)CC[C@]4(C)[C@H]3CC[C@]12C. The van der Waals surface area contributed by atoms with E-state index in [1.807, 2.05) is 7.05 Å². The Morgan fingerprint density at radius 1 is 1.21 bits per heavy atom. The van der Waals surface area contributed by atoms with Crippen molar-refractivity contribution in [2.45, 2.75) is 84.7 Å². The van der Waals surface area contributed by atoms with Crippen molar-refractivity contribution in [2.24, 2.45) is 39.7 Å². The van der Waals surface area contributed by atoms with Gasteiger partial charge in [-0.2, -0.15) is 0 Å². The molecule has 2 N–H and O–H groups in total. The minimum Gasteiger partial charge on any atom is -0.389 e. The van der Waals surface area contributed by atoms with Gasteiger partial charge in [-0.1, -0.05) is 30.7 Å². The van der Waals surface area contributed by atoms with Crippen LogP contribution in [0.4, 0.5) is 4.79 Å². The van der Waals surface area contributed by atoms with Crippen LogP contribution in [-0.2, 0) is 4.84 Å². The Kier molecular flexibility index (Phi) is 7.26. The van der Waals surface area contributed by atoms with Crippen LogP contribution in [0.1, 0.15) is 78.6 Å². The number of nitrogens with zero attached hydrogens (tertiary/aromatic N) is 2. The first-order chi connectivity index (χ1) is 15.7. The number of nitrogens with one attached hydrogen (secondary N) is 1. The fraction of sp³-hybridized carbons (Fsp3) is 0.852. The van der Waals surface area contributed by atoms with E-state index in [1.54, 1.807) is 11.9 Å². The number of hydrogen-bond acceptors (Lipinski definition) is 5. The van der Waals surface area contributed by atoms with Crippen molar-refractivity contribution in [2.75, 3.05) is 27.2 Å². The molecule has 33 heavy (non-hydrogen) atoms. The molecule has 0 radical (unpaired) electrons. The first-order valence-corrected chi connectivity index (χ1v) is 13.2. The van der Waals surface area contributed by atoms with Gasteiger partial charge in [-0.3, -0.25) is 4.84 Å². The highest BCUT2D eigenvalue weighted by molar-refractivity contribution is 5.85. The first kappa shape index (κ1) is 24.7. The van der Waals surface area contributed by atoms with Gasteiger partial charge in [0.1, 0.15) is 0 Å². The highest BCUT2D eigenvalue weighted by atomic mass is 16.7. The molecule has 6 nitrogen and oxygen atoms in total. The van der Waals surface area contributed by atoms with E-state index in [0.717, 1.165) is 62.1 Å². The number of carbonyl (C=O) groups excluding carboxylic acids is 1. The zero-order chi connectivity index (χ0) is 23.8. The number of aliphatic hydroxyl groups excluding tert-OH is 1. The van der Waals surface area contributed by atoms with Gasteiger partial charge in [-0.25, -0.2) is 4.79 Å². The summed E-state index contributed by atoms with van der Waals surface area (Å²) >= 11 is 0. The van der Waals surface area contributed by atoms with E-state index in [2.05, 4.69) is 37.3 Å². The van der Waals surface area contributed by atoms with Gasteiger partial charge >= 0.3 is 6.09 Å². The maximum Gasteiger partial charge on any atom is 0.435 e. The third kappa shape index (κ3) is 4.50. The second-order valence-electron chi connectivity index (χ2n) is 11.8. The van der Waals surface area contributed by atoms with Crippen molar-refractivity contribution in [1.29, 1.82) is 0 Å². The van der Waals surface area contributed by atoms with Crippen molar-refractivity contribution < 1.29 is 14.7 Å². The van der Waals surface area contributed by atoms with Crippen LogP contribution in [0.15, 0.2) is 16.8 Å². The van der Waals surface area contributed by atoms with Gasteiger partial charge in [0.25, 0.3) is 0 Å². The molecule has 0 saturated heterocycles. The molecule has 0 unspecified atom stereocenters. The van der Waals surface area contributed by atoms with Crippen molar-refractivity contribution in [3.63, 3.8) is 0 Å². The number of fused-ring (bicyclic) bond motifs is 5. The molecule has 6 heteroatoms. The van der Waals surface area contributed by atoms with Crippen LogP contribution in [0.5, 0.6) is 0 Å². The molecule has 0 aromatic carbocycles. The number of oxime groups is 1. The Morgan fingerprint density at radius 3 is 2.76 bits per heavy atom. The summed E-state index contributed by atoms with van der Waals surface area (Å²) in [7, 11) is 3.69. The smallest absolute Gasteiger partial charge is 0.389 e. The second-order valence-corrected chi connectivity index (χ2v) is 11.8. The standard InChI is InChI=1S/C27H45N3O3/c1-18(29-33-25(32)30(5)16-6-15-28-4)22-9-10-23-21-8-7-19-17-20(31)11-13-26(19,2)24(21)12-14-27(22,23)3/h17,20-24,28,31H,6-16H2,1-5H3/b29-18+/t20-,21-,22+,23-,24-,26-,27+/m0/s1. The van der Waals surface area contributed by atoms with Crippen LogP contribution in [0.25, 0.3) is 0 Å². The number of carbonyl (C=O) groups is 1. The van der Waals surface area contributed by atoms with E-state index < -0.39 is 0 Å². The van der Waals surface area contributed by atoms with Gasteiger partial charge in [0.15, 0.2) is 0 Å². The maximum atomic E-state index is 12.4. The number of allylic oxidation sites excluding steroid dienone is 1. The summed E-state index contributed by atoms with van der Waals surface area (Å²) in [5.41, 5.74) is 3.03. The van der Waals surface area contributed by atoms with Gasteiger partial charge in [-0.15, -0.1) is 0 Å². The van der Waals surface area contributed by atoms with Crippen molar-refractivity contribution in [1.82, 2.24) is 10.2 Å². The molecule has 3 saturated carbocycles. The Morgan fingerprint density at radius 2 is 2.00 bits per heavy atom. The number of hydrogen-bond donors (Lipinski definition) is 2. The molecule has 0 spiro atoms. The third-order valence-electron chi connectivity index (χ3n) is 10.1. The Labute approximate surface area is 200 Å². The summed E-state index contributed by atoms with van der Waals surface area (Å²) in [6.07, 6.45) is 11.8. The van der Waals surface area contributed by atoms with Gasteiger partial charge in [0.05, 0.1) is 11.8 Å². The molecule has 186 valence electrons. The molecule has 0 aromatic heterocycles. The van der Waals surface area contributed by atoms with Crippen molar-refractivity contribution in [3.8, 4) is 0 Å². The molecule has 4 aliphatic carbocycles. The zero-order valence-corrected chi connectivity index (χ0v) is 21.4.